The topological polar surface area (TPSA) is 110 Å². The van der Waals surface area contributed by atoms with Gasteiger partial charge in [0.25, 0.3) is 5.56 Å². The molecule has 1 aromatic carbocycles. The quantitative estimate of drug-likeness (QED) is 0.520. The molecule has 2 heterocycles. The van der Waals surface area contributed by atoms with Gasteiger partial charge in [0.2, 0.25) is 6.86 Å². The third-order valence-electron chi connectivity index (χ3n) is 4.49. The molecule has 3 rings (SSSR count). The van der Waals surface area contributed by atoms with Gasteiger partial charge in [-0.15, -0.1) is 0 Å². The maximum absolute atomic E-state index is 13.0. The normalized spacial score (nSPS) is 11.2. The molecule has 0 bridgehead atoms. The van der Waals surface area contributed by atoms with Crippen molar-refractivity contribution in [3.05, 3.63) is 45.1 Å². The second-order valence-corrected chi connectivity index (χ2v) is 6.42. The van der Waals surface area contributed by atoms with Crippen molar-refractivity contribution in [2.45, 2.75) is 19.5 Å². The first-order valence-electron chi connectivity index (χ1n) is 9.28. The van der Waals surface area contributed by atoms with Gasteiger partial charge in [0.1, 0.15) is 11.5 Å². The number of ether oxygens (including phenoxy) is 3. The molecule has 11 heteroatoms. The average Bonchev–Trinajstić information content (AvgIpc) is 3.09. The molecule has 162 valence electrons. The van der Waals surface area contributed by atoms with Gasteiger partial charge in [-0.25, -0.2) is 9.18 Å². The maximum Gasteiger partial charge on any atom is 0.332 e. The summed E-state index contributed by atoms with van der Waals surface area (Å²) in [5, 5.41) is 9.08. The highest BCUT2D eigenvalue weighted by Gasteiger charge is 2.21. The molecule has 3 aromatic rings. The Balaban J connectivity index is 2.15. The number of aliphatic hydroxyl groups is 1. The minimum atomic E-state index is -0.981. The van der Waals surface area contributed by atoms with Gasteiger partial charge in [0.15, 0.2) is 11.2 Å². The van der Waals surface area contributed by atoms with Crippen LogP contribution in [0, 0.1) is 0 Å². The van der Waals surface area contributed by atoms with Crippen molar-refractivity contribution in [2.24, 2.45) is 7.05 Å². The molecule has 10 nitrogen and oxygen atoms in total. The molecule has 1 N–H and O–H groups in total. The van der Waals surface area contributed by atoms with E-state index in [-0.39, 0.29) is 55.6 Å². The number of halogens is 1. The lowest BCUT2D eigenvalue weighted by atomic mass is 10.3. The van der Waals surface area contributed by atoms with Crippen LogP contribution in [0.15, 0.2) is 33.9 Å². The van der Waals surface area contributed by atoms with E-state index >= 15 is 0 Å². The Hall–Kier alpha value is -3.18. The Morgan fingerprint density at radius 3 is 2.63 bits per heavy atom. The van der Waals surface area contributed by atoms with Crippen LogP contribution in [0.25, 0.3) is 11.2 Å². The van der Waals surface area contributed by atoms with Crippen LogP contribution in [-0.2, 0) is 24.9 Å². The number of aryl methyl sites for hydroxylation is 1. The minimum Gasteiger partial charge on any atom is -0.463 e. The fourth-order valence-corrected chi connectivity index (χ4v) is 3.04. The summed E-state index contributed by atoms with van der Waals surface area (Å²) in [5.74, 6) is 0.592. The van der Waals surface area contributed by atoms with Gasteiger partial charge < -0.3 is 19.3 Å². The number of hydrogen-bond donors (Lipinski definition) is 1. The van der Waals surface area contributed by atoms with E-state index in [4.69, 9.17) is 19.3 Å². The van der Waals surface area contributed by atoms with Crippen molar-refractivity contribution in [2.75, 3.05) is 27.2 Å². The van der Waals surface area contributed by atoms with Crippen molar-refractivity contribution in [3.63, 3.8) is 0 Å². The molecule has 0 saturated heterocycles. The molecule has 0 saturated carbocycles. The largest absolute Gasteiger partial charge is 0.463 e. The van der Waals surface area contributed by atoms with Crippen molar-refractivity contribution in [1.29, 1.82) is 0 Å². The summed E-state index contributed by atoms with van der Waals surface area (Å²) in [6.07, 6.45) is 0.261. The van der Waals surface area contributed by atoms with E-state index in [0.29, 0.717) is 5.75 Å². The van der Waals surface area contributed by atoms with Crippen LogP contribution < -0.4 is 20.7 Å². The molecule has 0 unspecified atom stereocenters. The number of hydrogen-bond acceptors (Lipinski definition) is 7. The number of imidazole rings is 1. The Kier molecular flexibility index (Phi) is 6.85. The second kappa shape index (κ2) is 9.55. The molecule has 0 fully saturated rings. The molecule has 0 aliphatic heterocycles. The molecule has 2 aromatic heterocycles. The van der Waals surface area contributed by atoms with Crippen LogP contribution in [-0.4, -0.2) is 51.0 Å². The number of fused-ring (bicyclic) bond motifs is 1. The predicted octanol–water partition coefficient (Wildman–Crippen LogP) is 1.02. The number of methoxy groups -OCH3 is 1. The number of aromatic nitrogens is 4. The highest BCUT2D eigenvalue weighted by atomic mass is 19.1. The lowest BCUT2D eigenvalue weighted by Crippen LogP contribution is -2.40. The van der Waals surface area contributed by atoms with Crippen molar-refractivity contribution in [1.82, 2.24) is 18.7 Å². The molecule has 0 radical (unpaired) electrons. The molecule has 30 heavy (non-hydrogen) atoms. The van der Waals surface area contributed by atoms with Crippen LogP contribution in [0.3, 0.4) is 0 Å². The first kappa shape index (κ1) is 21.5. The van der Waals surface area contributed by atoms with E-state index in [1.54, 1.807) is 18.2 Å². The molecule has 0 atom stereocenters. The number of alkyl halides is 1. The third kappa shape index (κ3) is 4.21. The highest BCUT2D eigenvalue weighted by molar-refractivity contribution is 5.72. The number of aliphatic hydroxyl groups excluding tert-OH is 1. The Bertz CT molecular complexity index is 1140. The fraction of sp³-hybridized carbons (Fsp3) is 0.421. The summed E-state index contributed by atoms with van der Waals surface area (Å²) in [6.45, 7) is -0.540. The van der Waals surface area contributed by atoms with Crippen LogP contribution >= 0.6 is 0 Å². The van der Waals surface area contributed by atoms with Gasteiger partial charge in [-0.3, -0.25) is 18.5 Å². The third-order valence-corrected chi connectivity index (χ3v) is 4.49. The zero-order valence-electron chi connectivity index (χ0n) is 16.7. The number of rotatable bonds is 10. The van der Waals surface area contributed by atoms with Gasteiger partial charge in [-0.1, -0.05) is 6.07 Å². The maximum atomic E-state index is 13.0. The van der Waals surface area contributed by atoms with Crippen molar-refractivity contribution in [3.8, 4) is 17.5 Å². The van der Waals surface area contributed by atoms with E-state index in [9.17, 15) is 14.0 Å². The Morgan fingerprint density at radius 1 is 1.17 bits per heavy atom. The smallest absolute Gasteiger partial charge is 0.332 e. The fourth-order valence-electron chi connectivity index (χ4n) is 3.04. The van der Waals surface area contributed by atoms with Crippen LogP contribution in [0.1, 0.15) is 6.42 Å². The molecular weight excluding hydrogens is 399 g/mol. The van der Waals surface area contributed by atoms with E-state index in [2.05, 4.69) is 4.98 Å². The first-order chi connectivity index (χ1) is 14.5. The monoisotopic (exact) mass is 422 g/mol. The van der Waals surface area contributed by atoms with Gasteiger partial charge in [0.05, 0.1) is 13.2 Å². The van der Waals surface area contributed by atoms with Gasteiger partial charge in [-0.2, -0.15) is 4.98 Å². The zero-order chi connectivity index (χ0) is 21.7. The second-order valence-electron chi connectivity index (χ2n) is 6.42. The zero-order valence-corrected chi connectivity index (χ0v) is 16.7. The van der Waals surface area contributed by atoms with Gasteiger partial charge >= 0.3 is 11.7 Å². The standard InChI is InChI=1S/C19H23FN4O6/c1-22-16-15(17(26)24(19(22)27)7-4-9-25)23(8-10-28-2)18(21-16)30-14-6-3-5-13(11-14)29-12-20/h3,5-6,11,25H,4,7-10,12H2,1-2H3. The molecule has 0 aliphatic carbocycles. The molecule has 0 spiro atoms. The van der Waals surface area contributed by atoms with E-state index < -0.39 is 18.1 Å². The van der Waals surface area contributed by atoms with E-state index in [1.807, 2.05) is 0 Å². The van der Waals surface area contributed by atoms with E-state index in [1.165, 1.54) is 29.4 Å². The summed E-state index contributed by atoms with van der Waals surface area (Å²) in [6, 6.07) is 6.39. The van der Waals surface area contributed by atoms with Crippen molar-refractivity contribution < 1.29 is 23.7 Å². The summed E-state index contributed by atoms with van der Waals surface area (Å²) in [4.78, 5) is 30.0. The molecular formula is C19H23FN4O6. The lowest BCUT2D eigenvalue weighted by Gasteiger charge is -2.11. The summed E-state index contributed by atoms with van der Waals surface area (Å²) >= 11 is 0. The lowest BCUT2D eigenvalue weighted by molar-refractivity contribution is 0.185. The first-order valence-corrected chi connectivity index (χ1v) is 9.28. The molecule has 0 amide bonds. The Morgan fingerprint density at radius 2 is 1.93 bits per heavy atom. The number of nitrogens with zero attached hydrogens (tertiary/aromatic N) is 4. The summed E-state index contributed by atoms with van der Waals surface area (Å²) in [5.41, 5.74) is -0.734. The van der Waals surface area contributed by atoms with Crippen LogP contribution in [0.4, 0.5) is 4.39 Å². The van der Waals surface area contributed by atoms with Crippen molar-refractivity contribution >= 4 is 11.2 Å². The Labute approximate surface area is 170 Å². The van der Waals surface area contributed by atoms with Crippen LogP contribution in [0.5, 0.6) is 17.5 Å². The highest BCUT2D eigenvalue weighted by Crippen LogP contribution is 2.27. The SMILES string of the molecule is COCCn1c(Oc2cccc(OCF)c2)nc2c1c(=O)n(CCCO)c(=O)n2C. The minimum absolute atomic E-state index is 0.0754. The summed E-state index contributed by atoms with van der Waals surface area (Å²) < 4.78 is 32.1. The van der Waals surface area contributed by atoms with Crippen LogP contribution in [0.2, 0.25) is 0 Å². The molecule has 0 aliphatic rings. The summed E-state index contributed by atoms with van der Waals surface area (Å²) in [7, 11) is 3.03. The average molecular weight is 422 g/mol. The van der Waals surface area contributed by atoms with Gasteiger partial charge in [-0.05, 0) is 18.6 Å². The predicted molar refractivity (Wildman–Crippen MR) is 106 cm³/mol. The number of benzene rings is 1. The van der Waals surface area contributed by atoms with Gasteiger partial charge in [0, 0.05) is 33.4 Å². The van der Waals surface area contributed by atoms with E-state index in [0.717, 1.165) is 4.57 Å².